The number of carbonyl (C=O) groups excluding carboxylic acids is 1. The van der Waals surface area contributed by atoms with Crippen molar-refractivity contribution in [2.24, 2.45) is 4.99 Å². The summed E-state index contributed by atoms with van der Waals surface area (Å²) in [5.41, 5.74) is 5.22. The number of ether oxygens (including phenoxy) is 1. The van der Waals surface area contributed by atoms with Gasteiger partial charge in [0.25, 0.3) is 0 Å². The van der Waals surface area contributed by atoms with Crippen LogP contribution in [-0.2, 0) is 5.41 Å². The number of aliphatic hydroxyl groups is 1. The average molecular weight is 513 g/mol. The highest BCUT2D eigenvalue weighted by Crippen LogP contribution is 2.36. The standard InChI is InChI=1S/C29H28N4O3S/c1-29(2,19-6-4-3-5-7-19)20-8-10-22(11-9-20)36-17-21-16-25(35)23-12-13-30-27(26(23)32-21)24-18-37-28(33-24)31-14-15-34/h3-13,18,34H,14-17H2,1-2H3,(H,31,33). The molecule has 0 saturated carbocycles. The second-order valence-corrected chi connectivity index (χ2v) is 10.2. The first-order chi connectivity index (χ1) is 18.0. The maximum absolute atomic E-state index is 12.9. The molecule has 37 heavy (non-hydrogen) atoms. The minimum Gasteiger partial charge on any atom is -0.488 e. The molecule has 5 rings (SSSR count). The quantitative estimate of drug-likeness (QED) is 0.300. The lowest BCUT2D eigenvalue weighted by Crippen LogP contribution is -2.20. The molecule has 0 spiro atoms. The van der Waals surface area contributed by atoms with Crippen LogP contribution in [0.25, 0.3) is 11.4 Å². The molecule has 1 aliphatic heterocycles. The molecule has 3 heterocycles. The van der Waals surface area contributed by atoms with Crippen LogP contribution in [0.1, 0.15) is 41.8 Å². The number of ketones is 1. The number of benzene rings is 2. The number of carbonyl (C=O) groups is 1. The molecule has 4 aromatic rings. The van der Waals surface area contributed by atoms with Gasteiger partial charge in [-0.25, -0.2) is 4.98 Å². The van der Waals surface area contributed by atoms with E-state index in [-0.39, 0.29) is 30.8 Å². The van der Waals surface area contributed by atoms with E-state index in [0.717, 1.165) is 5.75 Å². The van der Waals surface area contributed by atoms with Crippen molar-refractivity contribution in [1.82, 2.24) is 9.97 Å². The molecule has 188 valence electrons. The molecular formula is C29H28N4O3S. The molecule has 0 fully saturated rings. The molecule has 8 heteroatoms. The van der Waals surface area contributed by atoms with E-state index in [2.05, 4.69) is 65.5 Å². The van der Waals surface area contributed by atoms with E-state index in [1.807, 2.05) is 23.6 Å². The predicted octanol–water partition coefficient (Wildman–Crippen LogP) is 5.67. The molecule has 0 aliphatic carbocycles. The normalized spacial score (nSPS) is 13.2. The Kier molecular flexibility index (Phi) is 7.12. The zero-order valence-corrected chi connectivity index (χ0v) is 21.6. The van der Waals surface area contributed by atoms with Crippen molar-refractivity contribution < 1.29 is 14.6 Å². The topological polar surface area (TPSA) is 96.7 Å². The summed E-state index contributed by atoms with van der Waals surface area (Å²) in [5, 5.41) is 14.6. The lowest BCUT2D eigenvalue weighted by Gasteiger charge is -2.26. The van der Waals surface area contributed by atoms with Gasteiger partial charge in [0.05, 0.1) is 18.7 Å². The van der Waals surface area contributed by atoms with Gasteiger partial charge in [0.15, 0.2) is 10.9 Å². The summed E-state index contributed by atoms with van der Waals surface area (Å²) in [6.45, 7) is 5.05. The zero-order chi connectivity index (χ0) is 25.8. The summed E-state index contributed by atoms with van der Waals surface area (Å²) >= 11 is 1.41. The van der Waals surface area contributed by atoms with E-state index < -0.39 is 0 Å². The highest BCUT2D eigenvalue weighted by molar-refractivity contribution is 7.14. The van der Waals surface area contributed by atoms with Crippen molar-refractivity contribution in [2.45, 2.75) is 25.7 Å². The largest absolute Gasteiger partial charge is 0.488 e. The Balaban J connectivity index is 1.33. The van der Waals surface area contributed by atoms with Gasteiger partial charge in [0, 0.05) is 29.1 Å². The van der Waals surface area contributed by atoms with Gasteiger partial charge >= 0.3 is 0 Å². The van der Waals surface area contributed by atoms with Gasteiger partial charge < -0.3 is 15.2 Å². The molecule has 0 bridgehead atoms. The zero-order valence-electron chi connectivity index (χ0n) is 20.8. The second kappa shape index (κ2) is 10.6. The average Bonchev–Trinajstić information content (AvgIpc) is 3.40. The number of nitrogens with one attached hydrogen (secondary N) is 1. The molecule has 0 saturated heterocycles. The number of anilines is 1. The van der Waals surface area contributed by atoms with Crippen LogP contribution in [0.15, 0.2) is 77.2 Å². The minimum absolute atomic E-state index is 0.0129. The molecule has 0 unspecified atom stereocenters. The Morgan fingerprint density at radius 1 is 1.05 bits per heavy atom. The molecule has 1 aliphatic rings. The summed E-state index contributed by atoms with van der Waals surface area (Å²) in [6.07, 6.45) is 1.82. The first-order valence-electron chi connectivity index (χ1n) is 12.1. The van der Waals surface area contributed by atoms with Crippen molar-refractivity contribution in [3.05, 3.63) is 88.9 Å². The monoisotopic (exact) mass is 512 g/mol. The van der Waals surface area contributed by atoms with Crippen LogP contribution in [0.4, 0.5) is 10.8 Å². The molecular weight excluding hydrogens is 484 g/mol. The maximum Gasteiger partial charge on any atom is 0.183 e. The number of aliphatic hydroxyl groups excluding tert-OH is 1. The van der Waals surface area contributed by atoms with Crippen LogP contribution < -0.4 is 10.1 Å². The third-order valence-corrected chi connectivity index (χ3v) is 7.27. The number of aliphatic imine (C=N–C) groups is 1. The van der Waals surface area contributed by atoms with Crippen molar-refractivity contribution >= 4 is 33.7 Å². The number of rotatable bonds is 9. The van der Waals surface area contributed by atoms with E-state index in [1.54, 1.807) is 12.3 Å². The number of pyridine rings is 1. The van der Waals surface area contributed by atoms with E-state index in [4.69, 9.17) is 14.8 Å². The molecule has 0 radical (unpaired) electrons. The van der Waals surface area contributed by atoms with Crippen molar-refractivity contribution in [1.29, 1.82) is 0 Å². The van der Waals surface area contributed by atoms with Gasteiger partial charge in [-0.1, -0.05) is 56.3 Å². The number of nitrogens with zero attached hydrogens (tertiary/aromatic N) is 3. The Labute approximate surface area is 219 Å². The summed E-state index contributed by atoms with van der Waals surface area (Å²) in [4.78, 5) is 26.7. The minimum atomic E-state index is -0.129. The summed E-state index contributed by atoms with van der Waals surface area (Å²) < 4.78 is 6.03. The first kappa shape index (κ1) is 24.8. The van der Waals surface area contributed by atoms with Gasteiger partial charge in [-0.2, -0.15) is 0 Å². The number of hydrogen-bond donors (Lipinski definition) is 2. The van der Waals surface area contributed by atoms with E-state index >= 15 is 0 Å². The van der Waals surface area contributed by atoms with E-state index in [9.17, 15) is 4.79 Å². The van der Waals surface area contributed by atoms with E-state index in [0.29, 0.717) is 40.0 Å². The van der Waals surface area contributed by atoms with Gasteiger partial charge in [-0.15, -0.1) is 11.3 Å². The number of Topliss-reactive ketones (excluding diaryl/α,β-unsaturated/α-hetero) is 1. The number of thiazole rings is 1. The Morgan fingerprint density at radius 3 is 2.57 bits per heavy atom. The molecule has 0 amide bonds. The third kappa shape index (κ3) is 5.30. The first-order valence-corrected chi connectivity index (χ1v) is 13.0. The molecule has 2 N–H and O–H groups in total. The number of hydrogen-bond acceptors (Lipinski definition) is 8. The van der Waals surface area contributed by atoms with Crippen LogP contribution in [0, 0.1) is 0 Å². The lowest BCUT2D eigenvalue weighted by atomic mass is 9.78. The van der Waals surface area contributed by atoms with Gasteiger partial charge in [0.1, 0.15) is 29.4 Å². The summed E-state index contributed by atoms with van der Waals surface area (Å²) in [5.74, 6) is 0.708. The van der Waals surface area contributed by atoms with E-state index in [1.165, 1.54) is 22.5 Å². The van der Waals surface area contributed by atoms with Gasteiger partial charge in [0.2, 0.25) is 0 Å². The van der Waals surface area contributed by atoms with Crippen LogP contribution in [-0.4, -0.2) is 46.3 Å². The summed E-state index contributed by atoms with van der Waals surface area (Å²) in [6, 6.07) is 20.2. The second-order valence-electron chi connectivity index (χ2n) is 9.33. The lowest BCUT2D eigenvalue weighted by molar-refractivity contribution is 0.0998. The summed E-state index contributed by atoms with van der Waals surface area (Å²) in [7, 11) is 0. The van der Waals surface area contributed by atoms with Crippen molar-refractivity contribution in [2.75, 3.05) is 25.1 Å². The molecule has 0 atom stereocenters. The predicted molar refractivity (Wildman–Crippen MR) is 147 cm³/mol. The molecule has 2 aromatic carbocycles. The fourth-order valence-electron chi connectivity index (χ4n) is 4.32. The SMILES string of the molecule is CC(C)(c1ccccc1)c1ccc(OCC2=Nc3c(ccnc3-c3csc(NCCO)n3)C(=O)C2)cc1. The van der Waals surface area contributed by atoms with Gasteiger partial charge in [-0.05, 0) is 29.3 Å². The third-order valence-electron chi connectivity index (χ3n) is 6.47. The number of fused-ring (bicyclic) bond motifs is 1. The smallest absolute Gasteiger partial charge is 0.183 e. The van der Waals surface area contributed by atoms with Crippen LogP contribution >= 0.6 is 11.3 Å². The van der Waals surface area contributed by atoms with Crippen molar-refractivity contribution in [3.8, 4) is 17.1 Å². The maximum atomic E-state index is 12.9. The fourth-order valence-corrected chi connectivity index (χ4v) is 5.05. The Bertz CT molecular complexity index is 1430. The highest BCUT2D eigenvalue weighted by atomic mass is 32.1. The molecule has 2 aromatic heterocycles. The van der Waals surface area contributed by atoms with Crippen LogP contribution in [0.2, 0.25) is 0 Å². The van der Waals surface area contributed by atoms with Crippen LogP contribution in [0.5, 0.6) is 5.75 Å². The van der Waals surface area contributed by atoms with Gasteiger partial charge in [-0.3, -0.25) is 14.8 Å². The fraction of sp³-hybridized carbons (Fsp3) is 0.241. The molecule has 7 nitrogen and oxygen atoms in total. The van der Waals surface area contributed by atoms with Crippen LogP contribution in [0.3, 0.4) is 0 Å². The highest BCUT2D eigenvalue weighted by Gasteiger charge is 2.25. The number of aromatic nitrogens is 2. The Hall–Kier alpha value is -3.88. The Morgan fingerprint density at radius 2 is 1.81 bits per heavy atom. The van der Waals surface area contributed by atoms with Crippen molar-refractivity contribution in [3.63, 3.8) is 0 Å².